The highest BCUT2D eigenvalue weighted by Gasteiger charge is 2.42. The Kier molecular flexibility index (Phi) is 3.12. The maximum Gasteiger partial charge on any atom is 0.169 e. The van der Waals surface area contributed by atoms with Gasteiger partial charge in [-0.25, -0.2) is 0 Å². The van der Waals surface area contributed by atoms with E-state index in [1.165, 1.54) is 0 Å². The van der Waals surface area contributed by atoms with Crippen LogP contribution in [0.25, 0.3) is 0 Å². The summed E-state index contributed by atoms with van der Waals surface area (Å²) in [5.74, 6) is 0.633. The van der Waals surface area contributed by atoms with Gasteiger partial charge in [-0.15, -0.1) is 0 Å². The average Bonchev–Trinajstić information content (AvgIpc) is 2.75. The van der Waals surface area contributed by atoms with Gasteiger partial charge in [0.1, 0.15) is 5.60 Å². The summed E-state index contributed by atoms with van der Waals surface area (Å²) in [5, 5.41) is 10.3. The van der Waals surface area contributed by atoms with E-state index in [4.69, 9.17) is 4.74 Å². The molecule has 1 atom stereocenters. The predicted octanol–water partition coefficient (Wildman–Crippen LogP) is 1.53. The lowest BCUT2D eigenvalue weighted by atomic mass is 9.74. The van der Waals surface area contributed by atoms with Gasteiger partial charge in [0.05, 0.1) is 6.61 Å². The van der Waals surface area contributed by atoms with Gasteiger partial charge in [0, 0.05) is 12.5 Å². The molecule has 1 unspecified atom stereocenters. The fourth-order valence-corrected chi connectivity index (χ4v) is 2.61. The second-order valence-corrected chi connectivity index (χ2v) is 5.14. The number of hydrogen-bond acceptors (Lipinski definition) is 3. The molecule has 1 heterocycles. The quantitative estimate of drug-likeness (QED) is 0.755. The van der Waals surface area contributed by atoms with Crippen molar-refractivity contribution < 1.29 is 14.6 Å². The molecule has 0 bridgehead atoms. The highest BCUT2D eigenvalue weighted by Crippen LogP contribution is 2.35. The third kappa shape index (κ3) is 2.23. The van der Waals surface area contributed by atoms with Gasteiger partial charge >= 0.3 is 0 Å². The maximum absolute atomic E-state index is 12.1. The average molecular weight is 212 g/mol. The first-order chi connectivity index (χ1) is 7.12. The van der Waals surface area contributed by atoms with Gasteiger partial charge in [-0.3, -0.25) is 4.79 Å². The molecule has 86 valence electrons. The lowest BCUT2D eigenvalue weighted by molar-refractivity contribution is -0.145. The largest absolute Gasteiger partial charge is 0.382 e. The first kappa shape index (κ1) is 11.1. The van der Waals surface area contributed by atoms with Gasteiger partial charge < -0.3 is 9.84 Å². The molecule has 0 spiro atoms. The van der Waals surface area contributed by atoms with Gasteiger partial charge in [-0.2, -0.15) is 0 Å². The van der Waals surface area contributed by atoms with Crippen LogP contribution < -0.4 is 0 Å². The van der Waals surface area contributed by atoms with Crippen molar-refractivity contribution in [1.29, 1.82) is 0 Å². The van der Waals surface area contributed by atoms with Gasteiger partial charge in [0.2, 0.25) is 0 Å². The van der Waals surface area contributed by atoms with Crippen molar-refractivity contribution in [2.24, 2.45) is 11.8 Å². The Balaban J connectivity index is 1.98. The molecule has 1 saturated heterocycles. The molecule has 3 heteroatoms. The van der Waals surface area contributed by atoms with E-state index in [2.05, 4.69) is 6.92 Å². The van der Waals surface area contributed by atoms with E-state index in [0.29, 0.717) is 32.0 Å². The van der Waals surface area contributed by atoms with Crippen LogP contribution in [0.15, 0.2) is 0 Å². The minimum absolute atomic E-state index is 0.0342. The van der Waals surface area contributed by atoms with Crippen molar-refractivity contribution in [2.75, 3.05) is 13.2 Å². The lowest BCUT2D eigenvalue weighted by Gasteiger charge is -2.34. The van der Waals surface area contributed by atoms with Gasteiger partial charge in [0.25, 0.3) is 0 Å². The van der Waals surface area contributed by atoms with E-state index < -0.39 is 5.60 Å². The van der Waals surface area contributed by atoms with Crippen LogP contribution in [-0.2, 0) is 9.53 Å². The first-order valence-corrected chi connectivity index (χ1v) is 5.96. The summed E-state index contributed by atoms with van der Waals surface area (Å²) in [5.41, 5.74) is -1.04. The summed E-state index contributed by atoms with van der Waals surface area (Å²) in [4.78, 5) is 12.1. The molecule has 0 aromatic carbocycles. The van der Waals surface area contributed by atoms with Crippen LogP contribution in [0.4, 0.5) is 0 Å². The fraction of sp³-hybridized carbons (Fsp3) is 0.917. The van der Waals surface area contributed by atoms with Crippen molar-refractivity contribution in [3.63, 3.8) is 0 Å². The van der Waals surface area contributed by atoms with E-state index in [0.717, 1.165) is 19.3 Å². The standard InChI is InChI=1S/C12H20O3/c1-9-2-5-12(14,6-3-9)11(13)10-4-7-15-8-10/h9-10,14H,2-8H2,1H3. The Morgan fingerprint density at radius 3 is 2.53 bits per heavy atom. The van der Waals surface area contributed by atoms with Crippen molar-refractivity contribution in [1.82, 2.24) is 0 Å². The van der Waals surface area contributed by atoms with Crippen LogP contribution >= 0.6 is 0 Å². The van der Waals surface area contributed by atoms with Crippen LogP contribution in [0.1, 0.15) is 39.0 Å². The summed E-state index contributed by atoms with van der Waals surface area (Å²) < 4.78 is 5.20. The summed E-state index contributed by atoms with van der Waals surface area (Å²) in [6.07, 6.45) is 4.01. The number of carbonyl (C=O) groups is 1. The maximum atomic E-state index is 12.1. The summed E-state index contributed by atoms with van der Waals surface area (Å²) >= 11 is 0. The minimum Gasteiger partial charge on any atom is -0.382 e. The van der Waals surface area contributed by atoms with Gasteiger partial charge in [-0.05, 0) is 38.0 Å². The van der Waals surface area contributed by atoms with E-state index in [-0.39, 0.29) is 11.7 Å². The number of carbonyl (C=O) groups excluding carboxylic acids is 1. The van der Waals surface area contributed by atoms with E-state index in [9.17, 15) is 9.90 Å². The molecule has 1 aliphatic heterocycles. The zero-order valence-electron chi connectivity index (χ0n) is 9.37. The van der Waals surface area contributed by atoms with Crippen molar-refractivity contribution in [3.05, 3.63) is 0 Å². The smallest absolute Gasteiger partial charge is 0.169 e. The van der Waals surface area contributed by atoms with Gasteiger partial charge in [-0.1, -0.05) is 6.92 Å². The molecule has 1 N–H and O–H groups in total. The minimum atomic E-state index is -1.04. The third-order valence-electron chi connectivity index (χ3n) is 3.86. The normalized spacial score (nSPS) is 41.7. The molecule has 2 rings (SSSR count). The molecule has 0 aromatic heterocycles. The topological polar surface area (TPSA) is 46.5 Å². The number of ketones is 1. The highest BCUT2D eigenvalue weighted by molar-refractivity contribution is 5.89. The van der Waals surface area contributed by atoms with Crippen LogP contribution in [-0.4, -0.2) is 29.7 Å². The van der Waals surface area contributed by atoms with Gasteiger partial charge in [0.15, 0.2) is 5.78 Å². The SMILES string of the molecule is CC1CCC(O)(C(=O)C2CCOC2)CC1. The van der Waals surface area contributed by atoms with E-state index >= 15 is 0 Å². The molecule has 1 aliphatic carbocycles. The number of rotatable bonds is 2. The van der Waals surface area contributed by atoms with Crippen LogP contribution in [0.2, 0.25) is 0 Å². The number of ether oxygens (including phenoxy) is 1. The lowest BCUT2D eigenvalue weighted by Crippen LogP contribution is -2.45. The molecule has 1 saturated carbocycles. The number of aliphatic hydroxyl groups is 1. The second-order valence-electron chi connectivity index (χ2n) is 5.14. The van der Waals surface area contributed by atoms with E-state index in [1.54, 1.807) is 0 Å². The van der Waals surface area contributed by atoms with Crippen LogP contribution in [0.5, 0.6) is 0 Å². The molecule has 2 fully saturated rings. The third-order valence-corrected chi connectivity index (χ3v) is 3.86. The number of hydrogen-bond donors (Lipinski definition) is 1. The Hall–Kier alpha value is -0.410. The molecule has 0 radical (unpaired) electrons. The molecular formula is C12H20O3. The monoisotopic (exact) mass is 212 g/mol. The zero-order chi connectivity index (χ0) is 10.9. The number of Topliss-reactive ketones (excluding diaryl/α,β-unsaturated/α-hetero) is 1. The van der Waals surface area contributed by atoms with Crippen LogP contribution in [0, 0.1) is 11.8 Å². The summed E-state index contributed by atoms with van der Waals surface area (Å²) in [7, 11) is 0. The Labute approximate surface area is 90.8 Å². The Morgan fingerprint density at radius 2 is 2.00 bits per heavy atom. The summed E-state index contributed by atoms with van der Waals surface area (Å²) in [6.45, 7) is 3.36. The van der Waals surface area contributed by atoms with Crippen LogP contribution in [0.3, 0.4) is 0 Å². The summed E-state index contributed by atoms with van der Waals surface area (Å²) in [6, 6.07) is 0. The molecule has 3 nitrogen and oxygen atoms in total. The van der Waals surface area contributed by atoms with Crippen molar-refractivity contribution in [2.45, 2.75) is 44.6 Å². The van der Waals surface area contributed by atoms with E-state index in [1.807, 2.05) is 0 Å². The molecule has 15 heavy (non-hydrogen) atoms. The fourth-order valence-electron chi connectivity index (χ4n) is 2.61. The molecule has 0 aromatic rings. The molecule has 2 aliphatic rings. The Bertz CT molecular complexity index is 235. The van der Waals surface area contributed by atoms with Crippen molar-refractivity contribution in [3.8, 4) is 0 Å². The first-order valence-electron chi connectivity index (χ1n) is 5.96. The second kappa shape index (κ2) is 4.22. The predicted molar refractivity (Wildman–Crippen MR) is 56.5 cm³/mol. The molecule has 0 amide bonds. The Morgan fingerprint density at radius 1 is 1.33 bits per heavy atom. The van der Waals surface area contributed by atoms with Crippen molar-refractivity contribution >= 4 is 5.78 Å². The zero-order valence-corrected chi connectivity index (χ0v) is 9.37. The highest BCUT2D eigenvalue weighted by atomic mass is 16.5. The molecular weight excluding hydrogens is 192 g/mol.